The van der Waals surface area contributed by atoms with E-state index in [2.05, 4.69) is 14.7 Å². The van der Waals surface area contributed by atoms with Gasteiger partial charge in [0.15, 0.2) is 0 Å². The van der Waals surface area contributed by atoms with Crippen molar-refractivity contribution in [1.82, 2.24) is 14.5 Å². The van der Waals surface area contributed by atoms with Crippen LogP contribution in [-0.2, 0) is 16.1 Å². The van der Waals surface area contributed by atoms with Gasteiger partial charge in [-0.1, -0.05) is 0 Å². The van der Waals surface area contributed by atoms with Crippen LogP contribution in [0.25, 0.3) is 5.69 Å². The summed E-state index contributed by atoms with van der Waals surface area (Å²) in [7, 11) is 1.30. The third-order valence-corrected chi connectivity index (χ3v) is 3.83. The lowest BCUT2D eigenvalue weighted by atomic mass is 10.1. The van der Waals surface area contributed by atoms with E-state index in [1.165, 1.54) is 13.3 Å². The molecule has 7 heteroatoms. The minimum Gasteiger partial charge on any atom is -0.464 e. The number of hydrogen-bond acceptors (Lipinski definition) is 6. The number of nitrogens with zero attached hydrogens (tertiary/aromatic N) is 3. The fraction of sp³-hybridized carbons (Fsp3) is 0.158. The predicted octanol–water partition coefficient (Wildman–Crippen LogP) is 2.72. The molecular weight excluding hydrogens is 334 g/mol. The summed E-state index contributed by atoms with van der Waals surface area (Å²) in [6.07, 6.45) is 6.81. The number of esters is 2. The molecule has 3 aromatic rings. The van der Waals surface area contributed by atoms with Crippen molar-refractivity contribution in [2.24, 2.45) is 0 Å². The van der Waals surface area contributed by atoms with Crippen LogP contribution in [0, 0.1) is 6.92 Å². The van der Waals surface area contributed by atoms with Crippen LogP contribution in [0.1, 0.15) is 32.1 Å². The molecule has 0 saturated heterocycles. The highest BCUT2D eigenvalue weighted by Gasteiger charge is 2.13. The highest BCUT2D eigenvalue weighted by molar-refractivity contribution is 5.88. The maximum absolute atomic E-state index is 12.3. The van der Waals surface area contributed by atoms with E-state index in [0.29, 0.717) is 5.56 Å². The van der Waals surface area contributed by atoms with Crippen LogP contribution >= 0.6 is 0 Å². The number of aryl methyl sites for hydroxylation is 1. The van der Waals surface area contributed by atoms with Crippen molar-refractivity contribution in [1.29, 1.82) is 0 Å². The van der Waals surface area contributed by atoms with Crippen molar-refractivity contribution >= 4 is 11.9 Å². The Morgan fingerprint density at radius 2 is 1.81 bits per heavy atom. The van der Waals surface area contributed by atoms with Crippen LogP contribution in [0.3, 0.4) is 0 Å². The van der Waals surface area contributed by atoms with Gasteiger partial charge in [0.25, 0.3) is 0 Å². The number of carbonyl (C=O) groups excluding carboxylic acids is 2. The molecule has 3 heterocycles. The lowest BCUT2D eigenvalue weighted by Crippen LogP contribution is -2.10. The highest BCUT2D eigenvalue weighted by atomic mass is 16.5. The van der Waals surface area contributed by atoms with E-state index in [9.17, 15) is 9.59 Å². The number of hydrogen-bond donors (Lipinski definition) is 0. The van der Waals surface area contributed by atoms with Crippen molar-refractivity contribution in [3.63, 3.8) is 0 Å². The fourth-order valence-electron chi connectivity index (χ4n) is 2.37. The minimum atomic E-state index is -0.532. The normalized spacial score (nSPS) is 10.4. The number of rotatable bonds is 5. The summed E-state index contributed by atoms with van der Waals surface area (Å²) in [5.74, 6) is -1.04. The SMILES string of the molecule is COC(=O)c1cc(C)c(COC(=O)c2cc(-n3cccc3)ccn2)cn1. The zero-order chi connectivity index (χ0) is 18.5. The molecule has 26 heavy (non-hydrogen) atoms. The zero-order valence-electron chi connectivity index (χ0n) is 14.4. The van der Waals surface area contributed by atoms with Crippen LogP contribution in [0.4, 0.5) is 0 Å². The molecule has 0 unspecified atom stereocenters. The van der Waals surface area contributed by atoms with Crippen LogP contribution in [0.15, 0.2) is 55.1 Å². The number of pyridine rings is 2. The standard InChI is InChI=1S/C19H17N3O4/c1-13-9-16(18(23)25-2)21-11-14(13)12-26-19(24)17-10-15(5-6-20-17)22-7-3-4-8-22/h3-11H,12H2,1-2H3. The Morgan fingerprint density at radius 3 is 2.50 bits per heavy atom. The Morgan fingerprint density at radius 1 is 1.08 bits per heavy atom. The maximum atomic E-state index is 12.3. The zero-order valence-corrected chi connectivity index (χ0v) is 14.4. The second-order valence-electron chi connectivity index (χ2n) is 5.55. The number of carbonyl (C=O) groups is 2. The van der Waals surface area contributed by atoms with Crippen molar-refractivity contribution in [3.8, 4) is 5.69 Å². The molecule has 3 aromatic heterocycles. The van der Waals surface area contributed by atoms with Gasteiger partial charge in [0, 0.05) is 36.0 Å². The number of ether oxygens (including phenoxy) is 2. The molecule has 0 fully saturated rings. The molecule has 0 spiro atoms. The summed E-state index contributed by atoms with van der Waals surface area (Å²) in [6, 6.07) is 8.85. The molecule has 0 radical (unpaired) electrons. The molecule has 0 N–H and O–H groups in total. The van der Waals surface area contributed by atoms with Crippen molar-refractivity contribution in [3.05, 3.63) is 77.6 Å². The molecule has 7 nitrogen and oxygen atoms in total. The molecule has 0 aromatic carbocycles. The van der Waals surface area contributed by atoms with Gasteiger partial charge < -0.3 is 14.0 Å². The average molecular weight is 351 g/mol. The van der Waals surface area contributed by atoms with Gasteiger partial charge in [0.2, 0.25) is 0 Å². The largest absolute Gasteiger partial charge is 0.464 e. The third-order valence-electron chi connectivity index (χ3n) is 3.83. The van der Waals surface area contributed by atoms with Gasteiger partial charge in [-0.05, 0) is 42.8 Å². The Kier molecular flexibility index (Phi) is 5.07. The third kappa shape index (κ3) is 3.77. The molecule has 0 aliphatic rings. The van der Waals surface area contributed by atoms with E-state index in [-0.39, 0.29) is 18.0 Å². The highest BCUT2D eigenvalue weighted by Crippen LogP contribution is 2.13. The Balaban J connectivity index is 1.69. The van der Waals surface area contributed by atoms with Gasteiger partial charge in [-0.15, -0.1) is 0 Å². The molecule has 0 aliphatic heterocycles. The predicted molar refractivity (Wildman–Crippen MR) is 93.0 cm³/mol. The van der Waals surface area contributed by atoms with Crippen LogP contribution in [0.5, 0.6) is 0 Å². The fourth-order valence-corrected chi connectivity index (χ4v) is 2.37. The molecule has 0 aliphatic carbocycles. The quantitative estimate of drug-likeness (QED) is 0.657. The number of methoxy groups -OCH3 is 1. The second-order valence-corrected chi connectivity index (χ2v) is 5.55. The van der Waals surface area contributed by atoms with Crippen molar-refractivity contribution in [2.75, 3.05) is 7.11 Å². The first kappa shape index (κ1) is 17.3. The summed E-state index contributed by atoms with van der Waals surface area (Å²) in [6.45, 7) is 1.84. The van der Waals surface area contributed by atoms with Crippen molar-refractivity contribution < 1.29 is 19.1 Å². The van der Waals surface area contributed by atoms with Gasteiger partial charge in [0.1, 0.15) is 18.0 Å². The summed E-state index contributed by atoms with van der Waals surface area (Å²) in [5.41, 5.74) is 2.72. The van der Waals surface area contributed by atoms with Gasteiger partial charge in [0.05, 0.1) is 7.11 Å². The van der Waals surface area contributed by atoms with E-state index in [1.807, 2.05) is 36.0 Å². The molecule has 132 valence electrons. The summed E-state index contributed by atoms with van der Waals surface area (Å²) in [4.78, 5) is 31.9. The van der Waals surface area contributed by atoms with E-state index < -0.39 is 11.9 Å². The molecule has 0 bridgehead atoms. The smallest absolute Gasteiger partial charge is 0.357 e. The minimum absolute atomic E-state index is 0.0363. The maximum Gasteiger partial charge on any atom is 0.357 e. The first-order valence-electron chi connectivity index (χ1n) is 7.89. The lowest BCUT2D eigenvalue weighted by Gasteiger charge is -2.09. The summed E-state index contributed by atoms with van der Waals surface area (Å²) in [5, 5.41) is 0. The Bertz CT molecular complexity index is 936. The van der Waals surface area contributed by atoms with Crippen LogP contribution in [0.2, 0.25) is 0 Å². The summed E-state index contributed by atoms with van der Waals surface area (Å²) >= 11 is 0. The van der Waals surface area contributed by atoms with E-state index in [1.54, 1.807) is 24.4 Å². The second kappa shape index (κ2) is 7.60. The number of aromatic nitrogens is 3. The van der Waals surface area contributed by atoms with Crippen LogP contribution < -0.4 is 0 Å². The van der Waals surface area contributed by atoms with Gasteiger partial charge in [-0.2, -0.15) is 0 Å². The van der Waals surface area contributed by atoms with E-state index in [4.69, 9.17) is 4.74 Å². The molecular formula is C19H17N3O4. The monoisotopic (exact) mass is 351 g/mol. The first-order valence-corrected chi connectivity index (χ1v) is 7.89. The lowest BCUT2D eigenvalue weighted by molar-refractivity contribution is 0.0463. The van der Waals surface area contributed by atoms with E-state index in [0.717, 1.165) is 11.3 Å². The van der Waals surface area contributed by atoms with Gasteiger partial charge in [-0.3, -0.25) is 0 Å². The summed E-state index contributed by atoms with van der Waals surface area (Å²) < 4.78 is 11.8. The molecule has 0 amide bonds. The van der Waals surface area contributed by atoms with Crippen molar-refractivity contribution in [2.45, 2.75) is 13.5 Å². The first-order chi connectivity index (χ1) is 12.6. The molecule has 3 rings (SSSR count). The Hall–Kier alpha value is -3.48. The molecule has 0 saturated carbocycles. The van der Waals surface area contributed by atoms with Crippen LogP contribution in [-0.4, -0.2) is 33.6 Å². The topological polar surface area (TPSA) is 83.3 Å². The molecule has 0 atom stereocenters. The Labute approximate surface area is 150 Å². The van der Waals surface area contributed by atoms with E-state index >= 15 is 0 Å². The average Bonchev–Trinajstić information content (AvgIpc) is 3.21. The van der Waals surface area contributed by atoms with Gasteiger partial charge in [-0.25, -0.2) is 19.6 Å². The van der Waals surface area contributed by atoms with Gasteiger partial charge >= 0.3 is 11.9 Å².